The Morgan fingerprint density at radius 2 is 2.21 bits per heavy atom. The predicted octanol–water partition coefficient (Wildman–Crippen LogP) is 2.77. The zero-order chi connectivity index (χ0) is 14.0. The summed E-state index contributed by atoms with van der Waals surface area (Å²) in [6, 6.07) is 4.51. The summed E-state index contributed by atoms with van der Waals surface area (Å²) in [5, 5.41) is 8.52. The van der Waals surface area contributed by atoms with Crippen molar-refractivity contribution in [3.63, 3.8) is 0 Å². The summed E-state index contributed by atoms with van der Waals surface area (Å²) in [6.45, 7) is 4.97. The quantitative estimate of drug-likeness (QED) is 0.914. The summed E-state index contributed by atoms with van der Waals surface area (Å²) in [6.07, 6.45) is 2.94. The van der Waals surface area contributed by atoms with Gasteiger partial charge in [0.2, 0.25) is 0 Å². The van der Waals surface area contributed by atoms with E-state index in [0.717, 1.165) is 29.4 Å². The van der Waals surface area contributed by atoms with E-state index in [4.69, 9.17) is 11.6 Å². The number of hydrogen-bond donors (Lipinski definition) is 1. The summed E-state index contributed by atoms with van der Waals surface area (Å²) in [7, 11) is 3.92. The lowest BCUT2D eigenvalue weighted by Gasteiger charge is -2.15. The van der Waals surface area contributed by atoms with Gasteiger partial charge in [0.15, 0.2) is 0 Å². The second-order valence-corrected chi connectivity index (χ2v) is 5.13. The number of rotatable bonds is 5. The molecule has 0 aliphatic carbocycles. The minimum absolute atomic E-state index is 0.313. The van der Waals surface area contributed by atoms with Crippen molar-refractivity contribution >= 4 is 11.6 Å². The molecule has 0 bridgehead atoms. The van der Waals surface area contributed by atoms with E-state index in [1.165, 1.54) is 5.69 Å². The molecule has 2 aromatic heterocycles. The van der Waals surface area contributed by atoms with Crippen LogP contribution in [0.25, 0.3) is 0 Å². The maximum atomic E-state index is 6.40. The maximum absolute atomic E-state index is 6.40. The minimum Gasteiger partial charge on any atom is -0.344 e. The Balaban J connectivity index is 2.32. The number of hydrogen-bond acceptors (Lipinski definition) is 2. The lowest BCUT2D eigenvalue weighted by atomic mass is 10.2. The van der Waals surface area contributed by atoms with Crippen LogP contribution in [0.1, 0.15) is 37.0 Å². The Morgan fingerprint density at radius 1 is 1.47 bits per heavy atom. The summed E-state index contributed by atoms with van der Waals surface area (Å²) in [5.74, 6) is 0. The van der Waals surface area contributed by atoms with E-state index in [1.807, 2.05) is 18.8 Å². The van der Waals surface area contributed by atoms with Gasteiger partial charge in [-0.2, -0.15) is 5.10 Å². The van der Waals surface area contributed by atoms with Crippen molar-refractivity contribution in [2.75, 3.05) is 7.05 Å². The third-order valence-electron chi connectivity index (χ3n) is 3.56. The van der Waals surface area contributed by atoms with E-state index in [0.29, 0.717) is 6.04 Å². The van der Waals surface area contributed by atoms with Crippen LogP contribution in [0.4, 0.5) is 0 Å². The molecule has 2 rings (SSSR count). The fraction of sp³-hybridized carbons (Fsp3) is 0.500. The molecule has 19 heavy (non-hydrogen) atoms. The molecule has 4 nitrogen and oxygen atoms in total. The van der Waals surface area contributed by atoms with Crippen LogP contribution in [0.3, 0.4) is 0 Å². The van der Waals surface area contributed by atoms with E-state index in [2.05, 4.69) is 47.2 Å². The molecule has 2 heterocycles. The topological polar surface area (TPSA) is 34.8 Å². The Morgan fingerprint density at radius 3 is 2.79 bits per heavy atom. The average Bonchev–Trinajstić information content (AvgIpc) is 2.97. The lowest BCUT2D eigenvalue weighted by molar-refractivity contribution is 0.574. The number of aryl methyl sites for hydroxylation is 2. The van der Waals surface area contributed by atoms with Gasteiger partial charge < -0.3 is 9.88 Å². The van der Waals surface area contributed by atoms with Gasteiger partial charge in [-0.3, -0.25) is 4.68 Å². The molecule has 0 aliphatic heterocycles. The van der Waals surface area contributed by atoms with Gasteiger partial charge in [0.25, 0.3) is 0 Å². The predicted molar refractivity (Wildman–Crippen MR) is 78.6 cm³/mol. The van der Waals surface area contributed by atoms with Crippen LogP contribution in [0.2, 0.25) is 5.02 Å². The molecule has 104 valence electrons. The molecule has 0 aliphatic rings. The number of aromatic nitrogens is 3. The standard InChI is InChI=1S/C14H21ClN4/c1-5-11-14(15)13(18(4)17-11)9-19-8-6-7-12(19)10(2)16-3/h6-8,10,16H,5,9H2,1-4H3. The highest BCUT2D eigenvalue weighted by Gasteiger charge is 2.15. The van der Waals surface area contributed by atoms with Crippen molar-refractivity contribution in [2.24, 2.45) is 7.05 Å². The van der Waals surface area contributed by atoms with Crippen molar-refractivity contribution in [2.45, 2.75) is 32.9 Å². The molecule has 1 unspecified atom stereocenters. The highest BCUT2D eigenvalue weighted by molar-refractivity contribution is 6.31. The van der Waals surface area contributed by atoms with Gasteiger partial charge in [-0.1, -0.05) is 18.5 Å². The van der Waals surface area contributed by atoms with Crippen LogP contribution >= 0.6 is 11.6 Å². The molecule has 0 spiro atoms. The first kappa shape index (κ1) is 14.2. The van der Waals surface area contributed by atoms with Crippen LogP contribution in [0.15, 0.2) is 18.3 Å². The van der Waals surface area contributed by atoms with Gasteiger partial charge in [0.05, 0.1) is 23.0 Å². The molecular weight excluding hydrogens is 260 g/mol. The normalized spacial score (nSPS) is 12.9. The first-order chi connectivity index (χ1) is 9.08. The Kier molecular flexibility index (Phi) is 4.32. The fourth-order valence-corrected chi connectivity index (χ4v) is 2.62. The Labute approximate surface area is 119 Å². The van der Waals surface area contributed by atoms with E-state index in [9.17, 15) is 0 Å². The van der Waals surface area contributed by atoms with Crippen molar-refractivity contribution in [1.82, 2.24) is 19.7 Å². The molecule has 0 amide bonds. The van der Waals surface area contributed by atoms with Gasteiger partial charge in [0.1, 0.15) is 0 Å². The van der Waals surface area contributed by atoms with Crippen LogP contribution in [-0.2, 0) is 20.0 Å². The molecule has 1 N–H and O–H groups in total. The van der Waals surface area contributed by atoms with Crippen molar-refractivity contribution in [3.8, 4) is 0 Å². The third kappa shape index (κ3) is 2.69. The monoisotopic (exact) mass is 280 g/mol. The number of nitrogens with one attached hydrogen (secondary N) is 1. The van der Waals surface area contributed by atoms with Crippen LogP contribution in [-0.4, -0.2) is 21.4 Å². The Hall–Kier alpha value is -1.26. The van der Waals surface area contributed by atoms with Crippen molar-refractivity contribution < 1.29 is 0 Å². The molecular formula is C14H21ClN4. The molecule has 2 aromatic rings. The van der Waals surface area contributed by atoms with Crippen molar-refractivity contribution in [3.05, 3.63) is 40.4 Å². The van der Waals surface area contributed by atoms with Gasteiger partial charge in [0, 0.05) is 25.0 Å². The first-order valence-electron chi connectivity index (χ1n) is 6.61. The highest BCUT2D eigenvalue weighted by atomic mass is 35.5. The molecule has 5 heteroatoms. The fourth-order valence-electron chi connectivity index (χ4n) is 2.27. The smallest absolute Gasteiger partial charge is 0.0868 e. The minimum atomic E-state index is 0.313. The summed E-state index contributed by atoms with van der Waals surface area (Å²) < 4.78 is 4.10. The van der Waals surface area contributed by atoms with E-state index in [1.54, 1.807) is 0 Å². The first-order valence-corrected chi connectivity index (χ1v) is 6.98. The van der Waals surface area contributed by atoms with E-state index < -0.39 is 0 Å². The SMILES string of the molecule is CCc1nn(C)c(Cn2cccc2C(C)NC)c1Cl. The third-order valence-corrected chi connectivity index (χ3v) is 4.00. The van der Waals surface area contributed by atoms with Gasteiger partial charge in [-0.25, -0.2) is 0 Å². The number of nitrogens with zero attached hydrogens (tertiary/aromatic N) is 3. The van der Waals surface area contributed by atoms with Crippen molar-refractivity contribution in [1.29, 1.82) is 0 Å². The second kappa shape index (κ2) is 5.80. The summed E-state index contributed by atoms with van der Waals surface area (Å²) in [4.78, 5) is 0. The molecule has 0 saturated carbocycles. The molecule has 1 atom stereocenters. The van der Waals surface area contributed by atoms with Crippen LogP contribution < -0.4 is 5.32 Å². The summed E-state index contributed by atoms with van der Waals surface area (Å²) >= 11 is 6.40. The van der Waals surface area contributed by atoms with Gasteiger partial charge in [-0.15, -0.1) is 0 Å². The number of halogens is 1. The largest absolute Gasteiger partial charge is 0.344 e. The second-order valence-electron chi connectivity index (χ2n) is 4.76. The van der Waals surface area contributed by atoms with Crippen LogP contribution in [0, 0.1) is 0 Å². The van der Waals surface area contributed by atoms with E-state index in [-0.39, 0.29) is 0 Å². The van der Waals surface area contributed by atoms with Gasteiger partial charge >= 0.3 is 0 Å². The average molecular weight is 281 g/mol. The Bertz CT molecular complexity index is 556. The molecule has 0 aromatic carbocycles. The zero-order valence-corrected chi connectivity index (χ0v) is 12.7. The molecule has 0 radical (unpaired) electrons. The molecule has 0 fully saturated rings. The van der Waals surface area contributed by atoms with Gasteiger partial charge in [-0.05, 0) is 32.5 Å². The molecule has 0 saturated heterocycles. The summed E-state index contributed by atoms with van der Waals surface area (Å²) in [5.41, 5.74) is 3.27. The zero-order valence-electron chi connectivity index (χ0n) is 11.9. The van der Waals surface area contributed by atoms with E-state index >= 15 is 0 Å². The maximum Gasteiger partial charge on any atom is 0.0868 e. The van der Waals surface area contributed by atoms with Crippen LogP contribution in [0.5, 0.6) is 0 Å². The highest BCUT2D eigenvalue weighted by Crippen LogP contribution is 2.23. The lowest BCUT2D eigenvalue weighted by Crippen LogP contribution is -2.17.